The van der Waals surface area contributed by atoms with Crippen LogP contribution in [0.4, 0.5) is 0 Å². The summed E-state index contributed by atoms with van der Waals surface area (Å²) in [5.74, 6) is -2.14. The van der Waals surface area contributed by atoms with Crippen molar-refractivity contribution in [2.45, 2.75) is 31.4 Å². The molecule has 0 saturated carbocycles. The maximum Gasteiger partial charge on any atom is 0.481 e. The third kappa shape index (κ3) is 5.16. The van der Waals surface area contributed by atoms with E-state index in [2.05, 4.69) is 18.9 Å². The van der Waals surface area contributed by atoms with Crippen LogP contribution < -0.4 is 11.2 Å². The Morgan fingerprint density at radius 3 is 2.68 bits per heavy atom. The van der Waals surface area contributed by atoms with Crippen molar-refractivity contribution >= 4 is 15.6 Å². The number of nitrogens with zero attached hydrogens (tertiary/aromatic N) is 4. The van der Waals surface area contributed by atoms with Crippen LogP contribution in [0.1, 0.15) is 12.0 Å². The van der Waals surface area contributed by atoms with Gasteiger partial charge in [-0.1, -0.05) is 0 Å². The van der Waals surface area contributed by atoms with Crippen LogP contribution in [0.2, 0.25) is 0 Å². The molecule has 4 atom stereocenters. The van der Waals surface area contributed by atoms with Crippen molar-refractivity contribution in [2.75, 3.05) is 6.61 Å². The molecule has 1 aliphatic rings. The smallest absolute Gasteiger partial charge is 0.390 e. The molecule has 0 aromatic carbocycles. The molecule has 18 heteroatoms. The largest absolute Gasteiger partial charge is 0.481 e. The molecule has 1 aromatic rings. The van der Waals surface area contributed by atoms with Gasteiger partial charge in [0.2, 0.25) is 5.85 Å². The van der Waals surface area contributed by atoms with Crippen LogP contribution in [0.3, 0.4) is 0 Å². The quantitative estimate of drug-likeness (QED) is 0.150. The molecule has 0 amide bonds. The summed E-state index contributed by atoms with van der Waals surface area (Å²) in [4.78, 5) is 54.5. The first kappa shape index (κ1) is 22.5. The number of aliphatic hydroxyl groups is 1. The lowest BCUT2D eigenvalue weighted by Crippen LogP contribution is -2.43. The molecule has 2 heterocycles. The topological polar surface area (TPSA) is 246 Å². The number of aromatic nitrogens is 2. The van der Waals surface area contributed by atoms with Gasteiger partial charge in [0.1, 0.15) is 6.10 Å². The van der Waals surface area contributed by atoms with Gasteiger partial charge in [0, 0.05) is 23.1 Å². The minimum absolute atomic E-state index is 0.0554. The second-order valence-corrected chi connectivity index (χ2v) is 8.47. The predicted octanol–water partition coefficient (Wildman–Crippen LogP) is -0.858. The van der Waals surface area contributed by atoms with Crippen LogP contribution in [0.5, 0.6) is 0 Å². The number of hydrogen-bond acceptors (Lipinski definition) is 9. The molecule has 0 radical (unpaired) electrons. The fourth-order valence-electron chi connectivity index (χ4n) is 2.41. The molecular weight excluding hydrogens is 428 g/mol. The van der Waals surface area contributed by atoms with Crippen molar-refractivity contribution in [3.63, 3.8) is 0 Å². The predicted molar refractivity (Wildman–Crippen MR) is 87.6 cm³/mol. The molecule has 1 aromatic heterocycles. The number of rotatable bonds is 7. The lowest BCUT2D eigenvalue weighted by Gasteiger charge is -2.26. The molecule has 5 N–H and O–H groups in total. The van der Waals surface area contributed by atoms with E-state index < -0.39 is 58.0 Å². The molecule has 0 spiro atoms. The van der Waals surface area contributed by atoms with Gasteiger partial charge in [-0.15, -0.1) is 0 Å². The SMILES string of the molecule is Cc1cn([C@@]2(N=[N+]=[N-])C[C@H](O)[C@@H](COP(=O)(O)OP(=O)(O)O)O2)c(=O)[nH]c1=O. The molecule has 28 heavy (non-hydrogen) atoms. The Hall–Kier alpha value is -1.83. The van der Waals surface area contributed by atoms with E-state index in [1.54, 1.807) is 0 Å². The van der Waals surface area contributed by atoms with Crippen LogP contribution >= 0.6 is 15.6 Å². The highest BCUT2D eigenvalue weighted by atomic mass is 31.3. The van der Waals surface area contributed by atoms with Gasteiger partial charge in [-0.25, -0.2) is 13.9 Å². The van der Waals surface area contributed by atoms with E-state index in [9.17, 15) is 28.7 Å². The molecular formula is C10H15N5O11P2. The number of azide groups is 1. The zero-order valence-corrected chi connectivity index (χ0v) is 15.8. The van der Waals surface area contributed by atoms with Gasteiger partial charge < -0.3 is 24.5 Å². The summed E-state index contributed by atoms with van der Waals surface area (Å²) in [5, 5.41) is 13.5. The minimum atomic E-state index is -5.35. The van der Waals surface area contributed by atoms with Crippen molar-refractivity contribution in [3.05, 3.63) is 43.0 Å². The molecule has 0 bridgehead atoms. The van der Waals surface area contributed by atoms with Gasteiger partial charge in [-0.2, -0.15) is 4.31 Å². The van der Waals surface area contributed by atoms with Crippen molar-refractivity contribution < 1.29 is 42.5 Å². The summed E-state index contributed by atoms with van der Waals surface area (Å²) in [6.07, 6.45) is -2.45. The highest BCUT2D eigenvalue weighted by Gasteiger charge is 2.49. The van der Waals surface area contributed by atoms with Crippen LogP contribution in [0.15, 0.2) is 20.9 Å². The summed E-state index contributed by atoms with van der Waals surface area (Å²) in [7, 11) is -10.6. The van der Waals surface area contributed by atoms with E-state index in [0.29, 0.717) is 0 Å². The lowest BCUT2D eigenvalue weighted by molar-refractivity contribution is -0.114. The van der Waals surface area contributed by atoms with Crippen molar-refractivity contribution in [1.29, 1.82) is 0 Å². The molecule has 1 aliphatic heterocycles. The van der Waals surface area contributed by atoms with Crippen LogP contribution in [0.25, 0.3) is 10.4 Å². The first-order chi connectivity index (χ1) is 12.8. The zero-order chi connectivity index (χ0) is 21.3. The first-order valence-corrected chi connectivity index (χ1v) is 10.3. The average Bonchev–Trinajstić information content (AvgIpc) is 2.84. The Morgan fingerprint density at radius 1 is 1.46 bits per heavy atom. The molecule has 2 rings (SSSR count). The number of phosphoric ester groups is 1. The van der Waals surface area contributed by atoms with E-state index in [-0.39, 0.29) is 5.56 Å². The van der Waals surface area contributed by atoms with Gasteiger partial charge in [-0.05, 0) is 17.6 Å². The number of ether oxygens (including phenoxy) is 1. The van der Waals surface area contributed by atoms with E-state index in [1.165, 1.54) is 6.92 Å². The monoisotopic (exact) mass is 443 g/mol. The van der Waals surface area contributed by atoms with E-state index in [0.717, 1.165) is 10.8 Å². The van der Waals surface area contributed by atoms with Crippen molar-refractivity contribution in [1.82, 2.24) is 9.55 Å². The molecule has 16 nitrogen and oxygen atoms in total. The third-order valence-electron chi connectivity index (χ3n) is 3.55. The van der Waals surface area contributed by atoms with Gasteiger partial charge in [0.25, 0.3) is 5.56 Å². The number of aliphatic hydroxyl groups excluding tert-OH is 1. The Kier molecular flexibility index (Phi) is 6.33. The minimum Gasteiger partial charge on any atom is -0.390 e. The van der Waals surface area contributed by atoms with Crippen molar-refractivity contribution in [3.8, 4) is 0 Å². The number of aromatic amines is 1. The number of aryl methyl sites for hydroxylation is 1. The number of hydrogen-bond donors (Lipinski definition) is 5. The van der Waals surface area contributed by atoms with E-state index in [1.807, 2.05) is 4.98 Å². The molecule has 156 valence electrons. The average molecular weight is 443 g/mol. The molecule has 0 aliphatic carbocycles. The van der Waals surface area contributed by atoms with Crippen molar-refractivity contribution in [2.24, 2.45) is 5.11 Å². The number of nitrogens with one attached hydrogen (secondary N) is 1. The Bertz CT molecular complexity index is 1010. The second-order valence-electron chi connectivity index (χ2n) is 5.64. The fourth-order valence-corrected chi connectivity index (χ4v) is 4.01. The van der Waals surface area contributed by atoms with Gasteiger partial charge in [0.05, 0.1) is 12.7 Å². The number of phosphoric acid groups is 2. The Balaban J connectivity index is 2.30. The maximum absolute atomic E-state index is 12.1. The standard InChI is InChI=1S/C10H15N5O11P2/c1-5-3-15(9(18)12-8(5)17)10(13-14-11)2-6(16)7(25-10)4-24-28(22,23)26-27(19,20)21/h3,6-7,16H,2,4H2,1H3,(H,22,23)(H,12,17,18)(H2,19,20,21)/t6-,7+,10-/m0/s1. The fraction of sp³-hybridized carbons (Fsp3) is 0.600. The van der Waals surface area contributed by atoms with E-state index >= 15 is 0 Å². The molecule has 1 unspecified atom stereocenters. The van der Waals surface area contributed by atoms with Gasteiger partial charge >= 0.3 is 21.3 Å². The lowest BCUT2D eigenvalue weighted by atomic mass is 10.1. The normalized spacial score (nSPS) is 27.2. The summed E-state index contributed by atoms with van der Waals surface area (Å²) in [6, 6.07) is 0. The summed E-state index contributed by atoms with van der Waals surface area (Å²) in [6.45, 7) is 0.431. The highest BCUT2D eigenvalue weighted by Crippen LogP contribution is 2.57. The zero-order valence-electron chi connectivity index (χ0n) is 14.0. The second kappa shape index (κ2) is 7.89. The van der Waals surface area contributed by atoms with Gasteiger partial charge in [0.15, 0.2) is 0 Å². The summed E-state index contributed by atoms with van der Waals surface area (Å²) < 4.78 is 36.2. The van der Waals surface area contributed by atoms with Crippen LogP contribution in [-0.4, -0.2) is 48.2 Å². The Labute approximate surface area is 154 Å². The molecule has 1 fully saturated rings. The Morgan fingerprint density at radius 2 is 2.11 bits per heavy atom. The van der Waals surface area contributed by atoms with Crippen LogP contribution in [0, 0.1) is 6.92 Å². The van der Waals surface area contributed by atoms with Crippen LogP contribution in [-0.2, 0) is 28.6 Å². The third-order valence-corrected chi connectivity index (χ3v) is 5.71. The van der Waals surface area contributed by atoms with Gasteiger partial charge in [-0.3, -0.25) is 18.9 Å². The highest BCUT2D eigenvalue weighted by molar-refractivity contribution is 7.60. The first-order valence-electron chi connectivity index (χ1n) is 7.28. The molecule has 1 saturated heterocycles. The number of H-pyrrole nitrogens is 1. The maximum atomic E-state index is 12.1. The van der Waals surface area contributed by atoms with E-state index in [4.69, 9.17) is 20.1 Å². The summed E-state index contributed by atoms with van der Waals surface area (Å²) >= 11 is 0. The summed E-state index contributed by atoms with van der Waals surface area (Å²) in [5.41, 5.74) is 7.15.